The molecule has 0 spiro atoms. The molecule has 1 aliphatic rings. The average Bonchev–Trinajstić information content (AvgIpc) is 2.67. The SMILES string of the molecule is CCCSCC(=O)N1CCN(S(=O)(=O)c2cccc3cc(C)cnc23)CC1. The van der Waals surface area contributed by atoms with E-state index in [1.807, 2.05) is 19.1 Å². The second-order valence-electron chi connectivity index (χ2n) is 6.68. The number of fused-ring (bicyclic) bond motifs is 1. The minimum Gasteiger partial charge on any atom is -0.339 e. The summed E-state index contributed by atoms with van der Waals surface area (Å²) in [4.78, 5) is 18.6. The molecule has 0 saturated carbocycles. The lowest BCUT2D eigenvalue weighted by atomic mass is 10.2. The van der Waals surface area contributed by atoms with Crippen LogP contribution in [0.1, 0.15) is 18.9 Å². The molecular formula is C19H25N3O3S2. The van der Waals surface area contributed by atoms with Crippen LogP contribution >= 0.6 is 11.8 Å². The van der Waals surface area contributed by atoms with Gasteiger partial charge in [0.05, 0.1) is 11.3 Å². The molecule has 1 aromatic heterocycles. The molecule has 2 heterocycles. The van der Waals surface area contributed by atoms with Crippen LogP contribution in [-0.4, -0.2) is 66.2 Å². The zero-order valence-corrected chi connectivity index (χ0v) is 17.4. The van der Waals surface area contributed by atoms with E-state index in [1.54, 1.807) is 35.0 Å². The fraction of sp³-hybridized carbons (Fsp3) is 0.474. The molecular weight excluding hydrogens is 382 g/mol. The Morgan fingerprint density at radius 3 is 2.67 bits per heavy atom. The number of carbonyl (C=O) groups excluding carboxylic acids is 1. The molecule has 1 amide bonds. The van der Waals surface area contributed by atoms with Crippen molar-refractivity contribution in [2.24, 2.45) is 0 Å². The van der Waals surface area contributed by atoms with Crippen molar-refractivity contribution in [3.63, 3.8) is 0 Å². The predicted octanol–water partition coefficient (Wildman–Crippen LogP) is 2.52. The van der Waals surface area contributed by atoms with E-state index >= 15 is 0 Å². The quantitative estimate of drug-likeness (QED) is 0.688. The van der Waals surface area contributed by atoms with Crippen LogP contribution in [0.2, 0.25) is 0 Å². The Morgan fingerprint density at radius 2 is 1.96 bits per heavy atom. The Hall–Kier alpha value is -1.64. The van der Waals surface area contributed by atoms with Crippen molar-refractivity contribution < 1.29 is 13.2 Å². The second kappa shape index (κ2) is 8.58. The molecule has 1 aromatic carbocycles. The number of benzene rings is 1. The van der Waals surface area contributed by atoms with Gasteiger partial charge in [-0.1, -0.05) is 19.1 Å². The number of sulfonamides is 1. The maximum atomic E-state index is 13.2. The minimum absolute atomic E-state index is 0.0906. The Labute approximate surface area is 165 Å². The number of para-hydroxylation sites is 1. The number of aromatic nitrogens is 1. The molecule has 0 atom stereocenters. The normalized spacial score (nSPS) is 16.0. The van der Waals surface area contributed by atoms with Crippen LogP contribution in [-0.2, 0) is 14.8 Å². The number of thioether (sulfide) groups is 1. The van der Waals surface area contributed by atoms with Gasteiger partial charge in [-0.05, 0) is 36.8 Å². The van der Waals surface area contributed by atoms with Crippen LogP contribution in [0.25, 0.3) is 10.9 Å². The largest absolute Gasteiger partial charge is 0.339 e. The zero-order valence-electron chi connectivity index (χ0n) is 15.7. The van der Waals surface area contributed by atoms with Crippen molar-refractivity contribution in [1.82, 2.24) is 14.2 Å². The molecule has 146 valence electrons. The monoisotopic (exact) mass is 407 g/mol. The molecule has 1 fully saturated rings. The van der Waals surface area contributed by atoms with Crippen molar-refractivity contribution in [1.29, 1.82) is 0 Å². The summed E-state index contributed by atoms with van der Waals surface area (Å²) in [5.74, 6) is 1.52. The first kappa shape index (κ1) is 20.1. The molecule has 2 aromatic rings. The van der Waals surface area contributed by atoms with E-state index in [-0.39, 0.29) is 10.8 Å². The third-order valence-corrected chi connectivity index (χ3v) is 7.67. The number of pyridine rings is 1. The van der Waals surface area contributed by atoms with Crippen LogP contribution in [0.3, 0.4) is 0 Å². The number of rotatable bonds is 6. The van der Waals surface area contributed by atoms with Crippen molar-refractivity contribution in [2.45, 2.75) is 25.2 Å². The molecule has 0 N–H and O–H groups in total. The lowest BCUT2D eigenvalue weighted by Gasteiger charge is -2.34. The fourth-order valence-electron chi connectivity index (χ4n) is 3.16. The van der Waals surface area contributed by atoms with Gasteiger partial charge in [-0.25, -0.2) is 8.42 Å². The van der Waals surface area contributed by atoms with E-state index in [4.69, 9.17) is 0 Å². The molecule has 0 bridgehead atoms. The molecule has 6 nitrogen and oxygen atoms in total. The Kier molecular flexibility index (Phi) is 6.39. The highest BCUT2D eigenvalue weighted by molar-refractivity contribution is 7.99. The van der Waals surface area contributed by atoms with Gasteiger partial charge in [0.2, 0.25) is 15.9 Å². The third-order valence-electron chi connectivity index (χ3n) is 4.59. The number of hydrogen-bond donors (Lipinski definition) is 0. The van der Waals surface area contributed by atoms with Gasteiger partial charge < -0.3 is 4.90 Å². The molecule has 1 aliphatic heterocycles. The molecule has 27 heavy (non-hydrogen) atoms. The summed E-state index contributed by atoms with van der Waals surface area (Å²) in [5.41, 5.74) is 1.49. The lowest BCUT2D eigenvalue weighted by molar-refractivity contribution is -0.129. The minimum atomic E-state index is -3.64. The average molecular weight is 408 g/mol. The summed E-state index contributed by atoms with van der Waals surface area (Å²) in [6.45, 7) is 5.51. The molecule has 3 rings (SSSR count). The highest BCUT2D eigenvalue weighted by Gasteiger charge is 2.31. The van der Waals surface area contributed by atoms with Crippen LogP contribution in [0.15, 0.2) is 35.4 Å². The van der Waals surface area contributed by atoms with Crippen LogP contribution in [0, 0.1) is 6.92 Å². The van der Waals surface area contributed by atoms with Crippen LogP contribution < -0.4 is 0 Å². The standard InChI is InChI=1S/C19H25N3O3S2/c1-3-11-26-14-18(23)21-7-9-22(10-8-21)27(24,25)17-6-4-5-16-12-15(2)13-20-19(16)17/h4-6,12-13H,3,7-11,14H2,1-2H3. The van der Waals surface area contributed by atoms with Crippen molar-refractivity contribution in [3.8, 4) is 0 Å². The van der Waals surface area contributed by atoms with Crippen LogP contribution in [0.5, 0.6) is 0 Å². The maximum absolute atomic E-state index is 13.2. The van der Waals surface area contributed by atoms with Gasteiger partial charge in [-0.15, -0.1) is 0 Å². The Balaban J connectivity index is 1.73. The first-order valence-electron chi connectivity index (χ1n) is 9.14. The van der Waals surface area contributed by atoms with E-state index in [9.17, 15) is 13.2 Å². The Morgan fingerprint density at radius 1 is 1.22 bits per heavy atom. The summed E-state index contributed by atoms with van der Waals surface area (Å²) >= 11 is 1.63. The first-order valence-corrected chi connectivity index (χ1v) is 11.7. The van der Waals surface area contributed by atoms with Gasteiger partial charge in [0.1, 0.15) is 4.90 Å². The molecule has 8 heteroatoms. The number of piperazine rings is 1. The lowest BCUT2D eigenvalue weighted by Crippen LogP contribution is -2.51. The van der Waals surface area contributed by atoms with E-state index in [1.165, 1.54) is 4.31 Å². The first-order chi connectivity index (χ1) is 12.9. The summed E-state index contributed by atoms with van der Waals surface area (Å²) in [6, 6.07) is 7.17. The number of hydrogen-bond acceptors (Lipinski definition) is 5. The maximum Gasteiger partial charge on any atom is 0.245 e. The molecule has 1 saturated heterocycles. The topological polar surface area (TPSA) is 70.6 Å². The third kappa shape index (κ3) is 4.44. The van der Waals surface area contributed by atoms with Gasteiger partial charge in [0.25, 0.3) is 0 Å². The van der Waals surface area contributed by atoms with Crippen molar-refractivity contribution in [2.75, 3.05) is 37.7 Å². The Bertz CT molecular complexity index is 923. The smallest absolute Gasteiger partial charge is 0.245 e. The van der Waals surface area contributed by atoms with E-state index < -0.39 is 10.0 Å². The summed E-state index contributed by atoms with van der Waals surface area (Å²) in [5, 5.41) is 0.817. The van der Waals surface area contributed by atoms with E-state index in [0.29, 0.717) is 37.4 Å². The highest BCUT2D eigenvalue weighted by atomic mass is 32.2. The number of aryl methyl sites for hydroxylation is 1. The van der Waals surface area contributed by atoms with Gasteiger partial charge in [-0.2, -0.15) is 16.1 Å². The molecule has 0 unspecified atom stereocenters. The summed E-state index contributed by atoms with van der Waals surface area (Å²) in [6.07, 6.45) is 2.73. The molecule has 0 radical (unpaired) electrons. The van der Waals surface area contributed by atoms with E-state index in [2.05, 4.69) is 11.9 Å². The fourth-order valence-corrected chi connectivity index (χ4v) is 5.54. The number of carbonyl (C=O) groups is 1. The van der Waals surface area contributed by atoms with Gasteiger partial charge in [-0.3, -0.25) is 9.78 Å². The number of nitrogens with zero attached hydrogens (tertiary/aromatic N) is 3. The zero-order chi connectivity index (χ0) is 19.4. The van der Waals surface area contributed by atoms with Crippen LogP contribution in [0.4, 0.5) is 0 Å². The van der Waals surface area contributed by atoms with Gasteiger partial charge in [0, 0.05) is 37.8 Å². The predicted molar refractivity (Wildman–Crippen MR) is 109 cm³/mol. The van der Waals surface area contributed by atoms with Crippen molar-refractivity contribution >= 4 is 38.6 Å². The summed E-state index contributed by atoms with van der Waals surface area (Å²) < 4.78 is 27.8. The van der Waals surface area contributed by atoms with Crippen molar-refractivity contribution in [3.05, 3.63) is 36.0 Å². The number of amides is 1. The second-order valence-corrected chi connectivity index (χ2v) is 9.69. The van der Waals surface area contributed by atoms with E-state index in [0.717, 1.165) is 23.1 Å². The highest BCUT2D eigenvalue weighted by Crippen LogP contribution is 2.25. The van der Waals surface area contributed by atoms with Gasteiger partial charge >= 0.3 is 0 Å². The van der Waals surface area contributed by atoms with Gasteiger partial charge in [0.15, 0.2) is 0 Å². The molecule has 0 aliphatic carbocycles. The summed E-state index contributed by atoms with van der Waals surface area (Å²) in [7, 11) is -3.64.